The lowest BCUT2D eigenvalue weighted by Gasteiger charge is -2.39. The molecule has 0 saturated heterocycles. The third-order valence-electron chi connectivity index (χ3n) is 5.88. The number of anilines is 1. The Hall–Kier alpha value is -3.12. The summed E-state index contributed by atoms with van der Waals surface area (Å²) in [5.41, 5.74) is -4.40. The van der Waals surface area contributed by atoms with Gasteiger partial charge in [-0.1, -0.05) is 6.92 Å². The summed E-state index contributed by atoms with van der Waals surface area (Å²) in [6.07, 6.45) is -15.5. The molecule has 2 aromatic carbocycles. The Morgan fingerprint density at radius 1 is 0.917 bits per heavy atom. The smallest absolute Gasteiger partial charge is 0.416 e. The molecule has 13 heteroatoms. The summed E-state index contributed by atoms with van der Waals surface area (Å²) in [6.45, 7) is 1.01. The zero-order chi connectivity index (χ0) is 27.1. The Labute approximate surface area is 200 Å². The van der Waals surface area contributed by atoms with Gasteiger partial charge >= 0.3 is 24.6 Å². The van der Waals surface area contributed by atoms with Crippen molar-refractivity contribution in [1.29, 1.82) is 0 Å². The maximum Gasteiger partial charge on any atom is 0.416 e. The summed E-state index contributed by atoms with van der Waals surface area (Å²) in [6, 6.07) is 2.26. The van der Waals surface area contributed by atoms with E-state index in [0.29, 0.717) is 18.6 Å². The number of ether oxygens (including phenoxy) is 1. The van der Waals surface area contributed by atoms with Gasteiger partial charge in [-0.2, -0.15) is 39.5 Å². The molecule has 1 amide bonds. The van der Waals surface area contributed by atoms with E-state index in [4.69, 9.17) is 4.74 Å². The van der Waals surface area contributed by atoms with Crippen LogP contribution < -0.4 is 5.32 Å². The van der Waals surface area contributed by atoms with Crippen molar-refractivity contribution >= 4 is 11.8 Å². The fourth-order valence-corrected chi connectivity index (χ4v) is 4.11. The Morgan fingerprint density at radius 2 is 1.47 bits per heavy atom. The first-order valence-electron chi connectivity index (χ1n) is 10.6. The number of hydrogen-bond acceptors (Lipinski definition) is 3. The lowest BCUT2D eigenvalue weighted by Crippen LogP contribution is -2.40. The van der Waals surface area contributed by atoms with Gasteiger partial charge in [-0.25, -0.2) is 4.79 Å². The second-order valence-corrected chi connectivity index (χ2v) is 8.31. The van der Waals surface area contributed by atoms with Gasteiger partial charge < -0.3 is 10.1 Å². The molecule has 2 aromatic rings. The van der Waals surface area contributed by atoms with Gasteiger partial charge in [0.25, 0.3) is 0 Å². The van der Waals surface area contributed by atoms with Crippen molar-refractivity contribution in [2.24, 2.45) is 0 Å². The number of nitrogens with one attached hydrogen (secondary N) is 1. The predicted molar refractivity (Wildman–Crippen MR) is 111 cm³/mol. The van der Waals surface area contributed by atoms with E-state index in [1.165, 1.54) is 6.07 Å². The molecule has 0 spiro atoms. The predicted octanol–water partition coefficient (Wildman–Crippen LogP) is 7.65. The van der Waals surface area contributed by atoms with Crippen LogP contribution in [0.1, 0.15) is 53.6 Å². The van der Waals surface area contributed by atoms with E-state index in [1.54, 1.807) is 6.92 Å². The SMILES string of the molecule is CC[C@@H]1CC(N(Cc2cc(C(F)(F)F)cc(C(F)(F)F)c2)C(=O)OC)c2cc(C(F)(F)F)ccc2N1. The highest BCUT2D eigenvalue weighted by Crippen LogP contribution is 2.43. The number of alkyl halides is 9. The first-order valence-corrected chi connectivity index (χ1v) is 10.6. The lowest BCUT2D eigenvalue weighted by atomic mass is 9.89. The van der Waals surface area contributed by atoms with Crippen LogP contribution >= 0.6 is 0 Å². The van der Waals surface area contributed by atoms with Gasteiger partial charge in [-0.05, 0) is 60.4 Å². The standard InChI is InChI=1S/C23H21F9N2O2/c1-3-16-10-19(17-9-13(21(24,25)26)4-5-18(17)33-16)34(20(35)36-2)11-12-6-14(22(27,28)29)8-15(7-12)23(30,31)32/h4-9,16,19,33H,3,10-11H2,1-2H3/t16-,19?/m1/s1. The van der Waals surface area contributed by atoms with Crippen LogP contribution in [0.2, 0.25) is 0 Å². The maximum absolute atomic E-state index is 13.4. The fourth-order valence-electron chi connectivity index (χ4n) is 4.11. The molecule has 0 radical (unpaired) electrons. The van der Waals surface area contributed by atoms with Gasteiger partial charge in [-0.15, -0.1) is 0 Å². The molecule has 1 N–H and O–H groups in total. The number of carbonyl (C=O) groups excluding carboxylic acids is 1. The zero-order valence-electron chi connectivity index (χ0n) is 18.9. The normalized spacial score (nSPS) is 18.3. The summed E-state index contributed by atoms with van der Waals surface area (Å²) in [4.78, 5) is 13.5. The quantitative estimate of drug-likeness (QED) is 0.415. The third-order valence-corrected chi connectivity index (χ3v) is 5.88. The Bertz CT molecular complexity index is 1080. The van der Waals surface area contributed by atoms with Crippen LogP contribution in [-0.4, -0.2) is 24.1 Å². The maximum atomic E-state index is 13.4. The van der Waals surface area contributed by atoms with E-state index < -0.39 is 59.5 Å². The summed E-state index contributed by atoms with van der Waals surface area (Å²) in [7, 11) is 0.952. The number of methoxy groups -OCH3 is 1. The number of halogens is 9. The largest absolute Gasteiger partial charge is 0.453 e. The van der Waals surface area contributed by atoms with E-state index in [0.717, 1.165) is 24.1 Å². The molecule has 4 nitrogen and oxygen atoms in total. The monoisotopic (exact) mass is 528 g/mol. The Kier molecular flexibility index (Phi) is 7.43. The van der Waals surface area contributed by atoms with Gasteiger partial charge in [0.05, 0.1) is 29.8 Å². The van der Waals surface area contributed by atoms with Crippen LogP contribution in [0.3, 0.4) is 0 Å². The molecule has 0 saturated carbocycles. The number of fused-ring (bicyclic) bond motifs is 1. The highest BCUT2D eigenvalue weighted by molar-refractivity contribution is 5.70. The molecule has 0 fully saturated rings. The number of amides is 1. The van der Waals surface area contributed by atoms with Crippen LogP contribution in [0.5, 0.6) is 0 Å². The average molecular weight is 528 g/mol. The first-order chi connectivity index (χ1) is 16.5. The number of nitrogens with zero attached hydrogens (tertiary/aromatic N) is 1. The van der Waals surface area contributed by atoms with Crippen molar-refractivity contribution < 1.29 is 49.0 Å². The van der Waals surface area contributed by atoms with Gasteiger partial charge in [0.1, 0.15) is 0 Å². The lowest BCUT2D eigenvalue weighted by molar-refractivity contribution is -0.143. The van der Waals surface area contributed by atoms with Crippen molar-refractivity contribution in [2.75, 3.05) is 12.4 Å². The number of benzene rings is 2. The topological polar surface area (TPSA) is 41.6 Å². The molecular formula is C23H21F9N2O2. The summed E-state index contributed by atoms with van der Waals surface area (Å²) >= 11 is 0. The molecular weight excluding hydrogens is 507 g/mol. The van der Waals surface area contributed by atoms with Crippen molar-refractivity contribution in [1.82, 2.24) is 4.90 Å². The number of carbonyl (C=O) groups is 1. The van der Waals surface area contributed by atoms with E-state index in [9.17, 15) is 44.3 Å². The minimum atomic E-state index is -5.11. The molecule has 1 heterocycles. The van der Waals surface area contributed by atoms with Gasteiger partial charge in [0.15, 0.2) is 0 Å². The second kappa shape index (κ2) is 9.74. The number of rotatable bonds is 4. The third kappa shape index (κ3) is 5.98. The highest BCUT2D eigenvalue weighted by atomic mass is 19.4. The van der Waals surface area contributed by atoms with Crippen LogP contribution in [0.4, 0.5) is 50.0 Å². The molecule has 1 unspecified atom stereocenters. The highest BCUT2D eigenvalue weighted by Gasteiger charge is 2.39. The van der Waals surface area contributed by atoms with Crippen molar-refractivity contribution in [2.45, 2.75) is 56.9 Å². The zero-order valence-corrected chi connectivity index (χ0v) is 18.9. The first kappa shape index (κ1) is 27.5. The minimum absolute atomic E-state index is 0.0166. The molecule has 0 aliphatic carbocycles. The van der Waals surface area contributed by atoms with Crippen LogP contribution in [-0.2, 0) is 29.8 Å². The summed E-state index contributed by atoms with van der Waals surface area (Å²) in [5.74, 6) is 0. The Morgan fingerprint density at radius 3 is 1.94 bits per heavy atom. The van der Waals surface area contributed by atoms with E-state index in [-0.39, 0.29) is 29.8 Å². The molecule has 0 bridgehead atoms. The Balaban J connectivity index is 2.13. The van der Waals surface area contributed by atoms with Crippen LogP contribution in [0.15, 0.2) is 36.4 Å². The summed E-state index contributed by atoms with van der Waals surface area (Å²) < 4.78 is 125. The van der Waals surface area contributed by atoms with Crippen LogP contribution in [0.25, 0.3) is 0 Å². The van der Waals surface area contributed by atoms with E-state index >= 15 is 0 Å². The second-order valence-electron chi connectivity index (χ2n) is 8.31. The molecule has 0 aromatic heterocycles. The molecule has 3 rings (SSSR count). The van der Waals surface area contributed by atoms with Crippen molar-refractivity contribution in [3.63, 3.8) is 0 Å². The molecule has 36 heavy (non-hydrogen) atoms. The van der Waals surface area contributed by atoms with E-state index in [1.807, 2.05) is 0 Å². The fraction of sp³-hybridized carbons (Fsp3) is 0.435. The number of hydrogen-bond donors (Lipinski definition) is 1. The summed E-state index contributed by atoms with van der Waals surface area (Å²) in [5, 5.41) is 3.05. The van der Waals surface area contributed by atoms with Crippen molar-refractivity contribution in [3.8, 4) is 0 Å². The van der Waals surface area contributed by atoms with Crippen molar-refractivity contribution in [3.05, 3.63) is 64.2 Å². The molecule has 1 aliphatic rings. The van der Waals surface area contributed by atoms with Gasteiger partial charge in [0, 0.05) is 18.3 Å². The molecule has 2 atom stereocenters. The molecule has 1 aliphatic heterocycles. The molecule has 198 valence electrons. The van der Waals surface area contributed by atoms with Gasteiger partial charge in [0.2, 0.25) is 0 Å². The minimum Gasteiger partial charge on any atom is -0.453 e. The van der Waals surface area contributed by atoms with Gasteiger partial charge in [-0.3, -0.25) is 4.90 Å². The van der Waals surface area contributed by atoms with Crippen LogP contribution in [0, 0.1) is 0 Å². The average Bonchev–Trinajstić information content (AvgIpc) is 2.79. The van der Waals surface area contributed by atoms with E-state index in [2.05, 4.69) is 5.32 Å².